The van der Waals surface area contributed by atoms with Crippen molar-refractivity contribution >= 4 is 45.7 Å². The molecular weight excluding hydrogens is 442 g/mol. The molecule has 1 saturated heterocycles. The van der Waals surface area contributed by atoms with Gasteiger partial charge in [0.1, 0.15) is 17.8 Å². The summed E-state index contributed by atoms with van der Waals surface area (Å²) in [5.74, 6) is 0.493. The van der Waals surface area contributed by atoms with E-state index in [-0.39, 0.29) is 17.7 Å². The number of aromatic nitrogens is 3. The molecule has 2 aromatic carbocycles. The highest BCUT2D eigenvalue weighted by Crippen LogP contribution is 2.29. The Kier molecular flexibility index (Phi) is 6.05. The minimum Gasteiger partial charge on any atom is -0.399 e. The first-order chi connectivity index (χ1) is 17.0. The van der Waals surface area contributed by atoms with Gasteiger partial charge in [-0.25, -0.2) is 9.97 Å². The van der Waals surface area contributed by atoms with E-state index in [1.54, 1.807) is 54.9 Å². The summed E-state index contributed by atoms with van der Waals surface area (Å²) in [5, 5.41) is 6.84. The van der Waals surface area contributed by atoms with Crippen LogP contribution < -0.4 is 21.3 Å². The molecular formula is C26H27N7O2. The van der Waals surface area contributed by atoms with E-state index >= 15 is 0 Å². The molecule has 1 aliphatic heterocycles. The third-order valence-corrected chi connectivity index (χ3v) is 6.35. The molecule has 0 saturated carbocycles. The molecule has 0 unspecified atom stereocenters. The van der Waals surface area contributed by atoms with Gasteiger partial charge in [-0.15, -0.1) is 0 Å². The number of anilines is 4. The van der Waals surface area contributed by atoms with Gasteiger partial charge < -0.3 is 26.3 Å². The Bertz CT molecular complexity index is 1390. The largest absolute Gasteiger partial charge is 0.399 e. The van der Waals surface area contributed by atoms with Crippen LogP contribution in [0.3, 0.4) is 0 Å². The zero-order valence-electron chi connectivity index (χ0n) is 19.4. The third-order valence-electron chi connectivity index (χ3n) is 6.35. The Morgan fingerprint density at radius 1 is 1.03 bits per heavy atom. The number of nitrogens with one attached hydrogen (secondary N) is 3. The number of carbonyl (C=O) groups excluding carboxylic acids is 2. The lowest BCUT2D eigenvalue weighted by atomic mass is 9.95. The predicted molar refractivity (Wildman–Crippen MR) is 137 cm³/mol. The Hall–Kier alpha value is -4.40. The van der Waals surface area contributed by atoms with E-state index in [1.165, 1.54) is 0 Å². The molecule has 5 rings (SSSR count). The van der Waals surface area contributed by atoms with Crippen molar-refractivity contribution in [1.29, 1.82) is 0 Å². The van der Waals surface area contributed by atoms with E-state index in [0.29, 0.717) is 22.6 Å². The van der Waals surface area contributed by atoms with Crippen LogP contribution in [0.1, 0.15) is 28.8 Å². The Labute approximate surface area is 202 Å². The number of rotatable bonds is 5. The molecule has 9 nitrogen and oxygen atoms in total. The number of carbonyl (C=O) groups is 2. The van der Waals surface area contributed by atoms with Crippen LogP contribution in [0.2, 0.25) is 0 Å². The molecule has 35 heavy (non-hydrogen) atoms. The molecule has 0 aliphatic carbocycles. The molecule has 0 atom stereocenters. The molecule has 1 aliphatic rings. The molecule has 9 heteroatoms. The van der Waals surface area contributed by atoms with Gasteiger partial charge in [0.15, 0.2) is 0 Å². The van der Waals surface area contributed by atoms with Gasteiger partial charge >= 0.3 is 0 Å². The van der Waals surface area contributed by atoms with Crippen LogP contribution >= 0.6 is 0 Å². The number of nitrogens with zero attached hydrogens (tertiary/aromatic N) is 3. The average Bonchev–Trinajstić information content (AvgIpc) is 3.25. The molecule has 0 spiro atoms. The zero-order valence-corrected chi connectivity index (χ0v) is 19.4. The number of aromatic amines is 1. The molecule has 2 aromatic heterocycles. The van der Waals surface area contributed by atoms with Crippen LogP contribution in [0.25, 0.3) is 11.0 Å². The number of hydrogen-bond donors (Lipinski definition) is 4. The lowest BCUT2D eigenvalue weighted by Gasteiger charge is -2.32. The van der Waals surface area contributed by atoms with Crippen LogP contribution in [0, 0.1) is 12.8 Å². The summed E-state index contributed by atoms with van der Waals surface area (Å²) < 4.78 is 0. The second kappa shape index (κ2) is 9.46. The van der Waals surface area contributed by atoms with Crippen molar-refractivity contribution in [3.05, 3.63) is 72.2 Å². The summed E-state index contributed by atoms with van der Waals surface area (Å²) in [5.41, 5.74) is 9.95. The summed E-state index contributed by atoms with van der Waals surface area (Å²) in [6, 6.07) is 13.9. The number of amides is 2. The number of aryl methyl sites for hydroxylation is 1. The number of nitrogens with two attached hydrogens (primary N) is 1. The first-order valence-corrected chi connectivity index (χ1v) is 11.6. The van der Waals surface area contributed by atoms with Gasteiger partial charge in [0.05, 0.1) is 5.39 Å². The average molecular weight is 470 g/mol. The van der Waals surface area contributed by atoms with E-state index < -0.39 is 0 Å². The van der Waals surface area contributed by atoms with Crippen molar-refractivity contribution in [2.45, 2.75) is 19.8 Å². The van der Waals surface area contributed by atoms with E-state index in [9.17, 15) is 9.59 Å². The second-order valence-corrected chi connectivity index (χ2v) is 8.80. The van der Waals surface area contributed by atoms with E-state index in [2.05, 4.69) is 30.5 Å². The predicted octanol–water partition coefficient (Wildman–Crippen LogP) is 3.96. The SMILES string of the molecule is Cc1c[nH]c2ncnc(N3CCC(C(=O)Nc4cccc(C(=O)Nc5cccc(N)c5)c4)CC3)c12. The number of nitrogen functional groups attached to an aromatic ring is 1. The monoisotopic (exact) mass is 469 g/mol. The highest BCUT2D eigenvalue weighted by molar-refractivity contribution is 6.05. The van der Waals surface area contributed by atoms with Crippen molar-refractivity contribution in [2.75, 3.05) is 34.4 Å². The maximum atomic E-state index is 13.0. The Morgan fingerprint density at radius 2 is 1.77 bits per heavy atom. The number of fused-ring (bicyclic) bond motifs is 1. The van der Waals surface area contributed by atoms with Gasteiger partial charge in [-0.3, -0.25) is 9.59 Å². The molecule has 1 fully saturated rings. The van der Waals surface area contributed by atoms with Gasteiger partial charge in [0.2, 0.25) is 5.91 Å². The van der Waals surface area contributed by atoms with E-state index in [4.69, 9.17) is 5.73 Å². The summed E-state index contributed by atoms with van der Waals surface area (Å²) in [4.78, 5) is 39.8. The van der Waals surface area contributed by atoms with Crippen molar-refractivity contribution < 1.29 is 9.59 Å². The van der Waals surface area contributed by atoms with Crippen molar-refractivity contribution in [3.8, 4) is 0 Å². The maximum Gasteiger partial charge on any atom is 0.255 e. The first-order valence-electron chi connectivity index (χ1n) is 11.6. The van der Waals surface area contributed by atoms with Crippen LogP contribution in [-0.4, -0.2) is 39.9 Å². The second-order valence-electron chi connectivity index (χ2n) is 8.80. The third kappa shape index (κ3) is 4.79. The fraction of sp³-hybridized carbons (Fsp3) is 0.231. The van der Waals surface area contributed by atoms with Gasteiger partial charge in [-0.05, 0) is 61.7 Å². The van der Waals surface area contributed by atoms with E-state index in [1.807, 2.05) is 13.1 Å². The highest BCUT2D eigenvalue weighted by atomic mass is 16.2. The van der Waals surface area contributed by atoms with Crippen LogP contribution in [0.4, 0.5) is 22.9 Å². The summed E-state index contributed by atoms with van der Waals surface area (Å²) in [6.07, 6.45) is 4.95. The number of hydrogen-bond acceptors (Lipinski definition) is 6. The number of benzene rings is 2. The zero-order chi connectivity index (χ0) is 24.4. The van der Waals surface area contributed by atoms with Gasteiger partial charge in [-0.2, -0.15) is 0 Å². The standard InChI is InChI=1S/C26H27N7O2/c1-16-14-28-23-22(16)24(30-15-29-23)33-10-8-17(9-11-33)25(34)31-20-6-2-4-18(12-20)26(35)32-21-7-3-5-19(27)13-21/h2-7,12-15,17H,8-11,27H2,1H3,(H,31,34)(H,32,35)(H,28,29,30). The topological polar surface area (TPSA) is 129 Å². The first kappa shape index (κ1) is 22.4. The molecule has 0 bridgehead atoms. The highest BCUT2D eigenvalue weighted by Gasteiger charge is 2.27. The lowest BCUT2D eigenvalue weighted by molar-refractivity contribution is -0.120. The molecule has 5 N–H and O–H groups in total. The lowest BCUT2D eigenvalue weighted by Crippen LogP contribution is -2.38. The smallest absolute Gasteiger partial charge is 0.255 e. The minimum absolute atomic E-state index is 0.0382. The van der Waals surface area contributed by atoms with Crippen molar-refractivity contribution in [2.24, 2.45) is 5.92 Å². The van der Waals surface area contributed by atoms with Gasteiger partial charge in [0.25, 0.3) is 5.91 Å². The number of H-pyrrole nitrogens is 1. The normalized spacial score (nSPS) is 14.1. The quantitative estimate of drug-likeness (QED) is 0.328. The molecule has 4 aromatic rings. The molecule has 178 valence electrons. The minimum atomic E-state index is -0.267. The van der Waals surface area contributed by atoms with E-state index in [0.717, 1.165) is 48.3 Å². The van der Waals surface area contributed by atoms with Crippen molar-refractivity contribution in [3.63, 3.8) is 0 Å². The van der Waals surface area contributed by atoms with Crippen LogP contribution in [0.5, 0.6) is 0 Å². The maximum absolute atomic E-state index is 13.0. The Balaban J connectivity index is 1.21. The van der Waals surface area contributed by atoms with Crippen molar-refractivity contribution in [1.82, 2.24) is 15.0 Å². The number of piperidine rings is 1. The molecule has 3 heterocycles. The Morgan fingerprint density at radius 3 is 2.54 bits per heavy atom. The van der Waals surface area contributed by atoms with Gasteiger partial charge in [-0.1, -0.05) is 12.1 Å². The van der Waals surface area contributed by atoms with Crippen LogP contribution in [-0.2, 0) is 4.79 Å². The van der Waals surface area contributed by atoms with Crippen LogP contribution in [0.15, 0.2) is 61.1 Å². The summed E-state index contributed by atoms with van der Waals surface area (Å²) >= 11 is 0. The summed E-state index contributed by atoms with van der Waals surface area (Å²) in [6.45, 7) is 3.50. The summed E-state index contributed by atoms with van der Waals surface area (Å²) in [7, 11) is 0. The molecule has 2 amide bonds. The fourth-order valence-electron chi connectivity index (χ4n) is 4.49. The van der Waals surface area contributed by atoms with Gasteiger partial charge in [0, 0.05) is 47.8 Å². The fourth-order valence-corrected chi connectivity index (χ4v) is 4.49. The molecule has 0 radical (unpaired) electrons.